The van der Waals surface area contributed by atoms with E-state index in [1.54, 1.807) is 11.3 Å². The molecule has 0 amide bonds. The summed E-state index contributed by atoms with van der Waals surface area (Å²) in [7, 11) is 0. The van der Waals surface area contributed by atoms with E-state index in [4.69, 9.17) is 0 Å². The lowest BCUT2D eigenvalue weighted by atomic mass is 10.1. The largest absolute Gasteiger partial charge is 1.00 e. The Bertz CT molecular complexity index is 678. The van der Waals surface area contributed by atoms with Crippen LogP contribution < -0.4 is 22.3 Å². The summed E-state index contributed by atoms with van der Waals surface area (Å²) in [6, 6.07) is 18.7. The molecule has 3 rings (SSSR count). The third-order valence-corrected chi connectivity index (χ3v) is 3.94. The number of aryl methyl sites for hydroxylation is 1. The van der Waals surface area contributed by atoms with E-state index < -0.39 is 0 Å². The first-order valence-electron chi connectivity index (χ1n) is 6.72. The molecule has 0 aliphatic heterocycles. The SMILES string of the molecule is CCc1ccc(-c2csc(Nc3ccccc3)n2)cc1.[Br-]. The van der Waals surface area contributed by atoms with Gasteiger partial charge < -0.3 is 22.3 Å². The van der Waals surface area contributed by atoms with Gasteiger partial charge in [0.25, 0.3) is 0 Å². The number of hydrogen-bond acceptors (Lipinski definition) is 3. The number of benzene rings is 2. The molecule has 0 bridgehead atoms. The molecule has 0 saturated heterocycles. The van der Waals surface area contributed by atoms with E-state index in [2.05, 4.69) is 46.9 Å². The quantitative estimate of drug-likeness (QED) is 0.771. The molecule has 21 heavy (non-hydrogen) atoms. The van der Waals surface area contributed by atoms with Gasteiger partial charge in [0.1, 0.15) is 0 Å². The highest BCUT2D eigenvalue weighted by atomic mass is 79.9. The summed E-state index contributed by atoms with van der Waals surface area (Å²) in [4.78, 5) is 4.64. The van der Waals surface area contributed by atoms with Gasteiger partial charge in [0.2, 0.25) is 0 Å². The van der Waals surface area contributed by atoms with Gasteiger partial charge in [0, 0.05) is 16.6 Å². The zero-order valence-corrected chi connectivity index (χ0v) is 14.1. The van der Waals surface area contributed by atoms with Crippen molar-refractivity contribution in [1.82, 2.24) is 4.98 Å². The molecule has 0 radical (unpaired) electrons. The molecule has 1 heterocycles. The molecule has 0 aliphatic rings. The van der Waals surface area contributed by atoms with Crippen LogP contribution >= 0.6 is 11.3 Å². The van der Waals surface area contributed by atoms with Crippen LogP contribution in [0.15, 0.2) is 60.0 Å². The van der Waals surface area contributed by atoms with E-state index in [0.29, 0.717) is 0 Å². The van der Waals surface area contributed by atoms with Crippen LogP contribution in [-0.2, 0) is 6.42 Å². The number of nitrogens with zero attached hydrogens (tertiary/aromatic N) is 1. The fourth-order valence-electron chi connectivity index (χ4n) is 2.02. The molecule has 1 N–H and O–H groups in total. The van der Waals surface area contributed by atoms with E-state index >= 15 is 0 Å². The normalized spacial score (nSPS) is 9.95. The average molecular weight is 360 g/mol. The Balaban J connectivity index is 0.00000161. The topological polar surface area (TPSA) is 24.9 Å². The summed E-state index contributed by atoms with van der Waals surface area (Å²) in [5, 5.41) is 6.34. The standard InChI is InChI=1S/C17H16N2S.BrH/c1-2-13-8-10-14(11-9-13)16-12-20-17(19-16)18-15-6-4-3-5-7-15;/h3-12H,2H2,1H3,(H,18,19);1H/p-1. The van der Waals surface area contributed by atoms with Crippen molar-refractivity contribution >= 4 is 22.2 Å². The third-order valence-electron chi connectivity index (χ3n) is 3.19. The van der Waals surface area contributed by atoms with Crippen molar-refractivity contribution in [2.75, 3.05) is 5.32 Å². The van der Waals surface area contributed by atoms with Crippen molar-refractivity contribution in [1.29, 1.82) is 0 Å². The van der Waals surface area contributed by atoms with Crippen LogP contribution in [0.1, 0.15) is 12.5 Å². The molecular formula is C17H16BrN2S-. The van der Waals surface area contributed by atoms with E-state index in [0.717, 1.165) is 22.9 Å². The summed E-state index contributed by atoms with van der Waals surface area (Å²) in [5.74, 6) is 0. The Kier molecular flexibility index (Phi) is 5.53. The maximum absolute atomic E-state index is 4.64. The number of thiazole rings is 1. The van der Waals surface area contributed by atoms with Crippen LogP contribution in [0.4, 0.5) is 10.8 Å². The molecule has 0 fully saturated rings. The first-order chi connectivity index (χ1) is 9.85. The molecule has 3 aromatic rings. The highest BCUT2D eigenvalue weighted by Gasteiger charge is 2.04. The van der Waals surface area contributed by atoms with Crippen molar-refractivity contribution < 1.29 is 17.0 Å². The smallest absolute Gasteiger partial charge is 0.187 e. The lowest BCUT2D eigenvalue weighted by Gasteiger charge is -2.01. The molecular weight excluding hydrogens is 344 g/mol. The number of anilines is 2. The molecule has 0 spiro atoms. The van der Waals surface area contributed by atoms with Gasteiger partial charge in [-0.25, -0.2) is 4.98 Å². The molecule has 2 aromatic carbocycles. The number of rotatable bonds is 4. The minimum absolute atomic E-state index is 0. The van der Waals surface area contributed by atoms with Crippen molar-refractivity contribution in [3.05, 3.63) is 65.5 Å². The third kappa shape index (κ3) is 3.93. The van der Waals surface area contributed by atoms with Crippen LogP contribution in [0.5, 0.6) is 0 Å². The predicted molar refractivity (Wildman–Crippen MR) is 86.7 cm³/mol. The zero-order valence-electron chi connectivity index (χ0n) is 11.7. The molecule has 4 heteroatoms. The van der Waals surface area contributed by atoms with Crippen LogP contribution in [0.3, 0.4) is 0 Å². The fraction of sp³-hybridized carbons (Fsp3) is 0.118. The molecule has 0 saturated carbocycles. The second-order valence-corrected chi connectivity index (χ2v) is 5.44. The Hall–Kier alpha value is -1.65. The Morgan fingerprint density at radius 1 is 1.00 bits per heavy atom. The van der Waals surface area contributed by atoms with Crippen LogP contribution in [0.25, 0.3) is 11.3 Å². The van der Waals surface area contributed by atoms with Crippen molar-refractivity contribution in [2.45, 2.75) is 13.3 Å². The molecule has 1 aromatic heterocycles. The van der Waals surface area contributed by atoms with Gasteiger partial charge in [-0.15, -0.1) is 11.3 Å². The number of nitrogens with one attached hydrogen (secondary N) is 1. The van der Waals surface area contributed by atoms with Crippen LogP contribution in [0.2, 0.25) is 0 Å². The second kappa shape index (κ2) is 7.38. The lowest BCUT2D eigenvalue weighted by molar-refractivity contribution is -0.00000398. The lowest BCUT2D eigenvalue weighted by Crippen LogP contribution is -3.00. The van der Waals surface area contributed by atoms with E-state index in [-0.39, 0.29) is 17.0 Å². The minimum atomic E-state index is 0. The summed E-state index contributed by atoms with van der Waals surface area (Å²) in [5.41, 5.74) is 4.61. The van der Waals surface area contributed by atoms with Gasteiger partial charge in [-0.05, 0) is 24.1 Å². The second-order valence-electron chi connectivity index (χ2n) is 4.58. The number of hydrogen-bond donors (Lipinski definition) is 1. The molecule has 0 unspecified atom stereocenters. The Labute approximate surface area is 139 Å². The molecule has 0 aliphatic carbocycles. The number of aromatic nitrogens is 1. The number of para-hydroxylation sites is 1. The molecule has 2 nitrogen and oxygen atoms in total. The highest BCUT2D eigenvalue weighted by molar-refractivity contribution is 7.14. The van der Waals surface area contributed by atoms with Crippen molar-refractivity contribution in [3.8, 4) is 11.3 Å². The maximum Gasteiger partial charge on any atom is 0.187 e. The van der Waals surface area contributed by atoms with Gasteiger partial charge in [-0.3, -0.25) is 0 Å². The summed E-state index contributed by atoms with van der Waals surface area (Å²) < 4.78 is 0. The van der Waals surface area contributed by atoms with E-state index in [1.165, 1.54) is 11.1 Å². The van der Waals surface area contributed by atoms with Gasteiger partial charge in [-0.1, -0.05) is 49.4 Å². The van der Waals surface area contributed by atoms with Gasteiger partial charge in [0.05, 0.1) is 5.69 Å². The van der Waals surface area contributed by atoms with Gasteiger partial charge >= 0.3 is 0 Å². The average Bonchev–Trinajstić information content (AvgIpc) is 2.97. The molecule has 0 atom stereocenters. The highest BCUT2D eigenvalue weighted by Crippen LogP contribution is 2.27. The van der Waals surface area contributed by atoms with Crippen molar-refractivity contribution in [2.24, 2.45) is 0 Å². The summed E-state index contributed by atoms with van der Waals surface area (Å²) in [6.45, 7) is 2.17. The predicted octanol–water partition coefficient (Wildman–Crippen LogP) is 2.12. The first kappa shape index (κ1) is 15.7. The van der Waals surface area contributed by atoms with Gasteiger partial charge in [-0.2, -0.15) is 0 Å². The number of halogens is 1. The molecule has 108 valence electrons. The van der Waals surface area contributed by atoms with Crippen LogP contribution in [0, 0.1) is 0 Å². The Morgan fingerprint density at radius 2 is 1.71 bits per heavy atom. The van der Waals surface area contributed by atoms with Crippen LogP contribution in [-0.4, -0.2) is 4.98 Å². The minimum Gasteiger partial charge on any atom is -1.00 e. The van der Waals surface area contributed by atoms with Crippen molar-refractivity contribution in [3.63, 3.8) is 0 Å². The fourth-order valence-corrected chi connectivity index (χ4v) is 2.76. The van der Waals surface area contributed by atoms with Gasteiger partial charge in [0.15, 0.2) is 5.13 Å². The summed E-state index contributed by atoms with van der Waals surface area (Å²) in [6.07, 6.45) is 1.07. The van der Waals surface area contributed by atoms with E-state index in [9.17, 15) is 0 Å². The monoisotopic (exact) mass is 359 g/mol. The van der Waals surface area contributed by atoms with E-state index in [1.807, 2.05) is 30.3 Å². The summed E-state index contributed by atoms with van der Waals surface area (Å²) >= 11 is 1.63. The first-order valence-corrected chi connectivity index (χ1v) is 7.60. The zero-order chi connectivity index (χ0) is 13.8. The Morgan fingerprint density at radius 3 is 2.38 bits per heavy atom. The maximum atomic E-state index is 4.64.